The van der Waals surface area contributed by atoms with E-state index in [0.717, 1.165) is 42.1 Å². The van der Waals surface area contributed by atoms with E-state index in [0.29, 0.717) is 29.8 Å². The number of carbonyl (C=O) groups is 1. The van der Waals surface area contributed by atoms with Gasteiger partial charge >= 0.3 is 0 Å². The summed E-state index contributed by atoms with van der Waals surface area (Å²) in [7, 11) is 0. The van der Waals surface area contributed by atoms with Gasteiger partial charge in [-0.25, -0.2) is 0 Å². The van der Waals surface area contributed by atoms with Crippen molar-refractivity contribution >= 4 is 17.5 Å². The molecule has 3 aliphatic rings. The Morgan fingerprint density at radius 1 is 1.12 bits per heavy atom. The fourth-order valence-electron chi connectivity index (χ4n) is 5.27. The second kappa shape index (κ2) is 8.62. The molecule has 0 saturated heterocycles. The highest BCUT2D eigenvalue weighted by atomic mass is 16.5. The van der Waals surface area contributed by atoms with Crippen LogP contribution in [0.1, 0.15) is 66.6 Å². The number of hydrogen-bond acceptors (Lipinski definition) is 5. The standard InChI is InChI=1S/C27H32N2O3/c1-4-28(5-2)21-12-10-19(11-13-21)15-24-26(30)25-18(3)14-23-22(27(25)32-24)16-29(17-31-23)20-8-6-7-9-20/h10-15,20H,4-9,16-17H2,1-3H3/b24-15-. The van der Waals surface area contributed by atoms with Gasteiger partial charge in [-0.3, -0.25) is 9.69 Å². The number of Topliss-reactive ketones (excluding diaryl/α,β-unsaturated/α-hetero) is 1. The maximum absolute atomic E-state index is 13.3. The van der Waals surface area contributed by atoms with Gasteiger partial charge in [0.05, 0.1) is 11.1 Å². The Morgan fingerprint density at radius 3 is 2.53 bits per heavy atom. The second-order valence-corrected chi connectivity index (χ2v) is 9.04. The molecule has 0 bridgehead atoms. The molecule has 0 amide bonds. The van der Waals surface area contributed by atoms with Gasteiger partial charge in [-0.15, -0.1) is 0 Å². The van der Waals surface area contributed by atoms with E-state index in [1.54, 1.807) is 0 Å². The summed E-state index contributed by atoms with van der Waals surface area (Å²) >= 11 is 0. The lowest BCUT2D eigenvalue weighted by molar-refractivity contribution is 0.0567. The van der Waals surface area contributed by atoms with Gasteiger partial charge < -0.3 is 14.4 Å². The maximum Gasteiger partial charge on any atom is 0.232 e. The Bertz CT molecular complexity index is 1050. The number of nitrogens with zero attached hydrogens (tertiary/aromatic N) is 2. The summed E-state index contributed by atoms with van der Waals surface area (Å²) in [6, 6.07) is 10.9. The van der Waals surface area contributed by atoms with Crippen molar-refractivity contribution in [1.82, 2.24) is 4.90 Å². The molecule has 168 valence electrons. The molecule has 0 spiro atoms. The van der Waals surface area contributed by atoms with E-state index in [-0.39, 0.29) is 5.78 Å². The molecule has 0 aromatic heterocycles. The number of anilines is 1. The van der Waals surface area contributed by atoms with Gasteiger partial charge in [-0.05, 0) is 69.0 Å². The Hall–Kier alpha value is -2.79. The molecule has 0 unspecified atom stereocenters. The monoisotopic (exact) mass is 432 g/mol. The van der Waals surface area contributed by atoms with Gasteiger partial charge in [0.15, 0.2) is 5.76 Å². The first-order chi connectivity index (χ1) is 15.6. The van der Waals surface area contributed by atoms with Crippen molar-refractivity contribution in [3.05, 3.63) is 58.3 Å². The number of allylic oxidation sites excluding steroid dienone is 1. The minimum absolute atomic E-state index is 0.0360. The van der Waals surface area contributed by atoms with Gasteiger partial charge in [0, 0.05) is 31.4 Å². The molecular formula is C27H32N2O3. The first-order valence-electron chi connectivity index (χ1n) is 11.9. The van der Waals surface area contributed by atoms with Crippen LogP contribution in [0.15, 0.2) is 36.1 Å². The molecule has 32 heavy (non-hydrogen) atoms. The molecule has 1 fully saturated rings. The minimum Gasteiger partial charge on any atom is -0.478 e. The van der Waals surface area contributed by atoms with Crippen molar-refractivity contribution in [2.24, 2.45) is 0 Å². The van der Waals surface area contributed by atoms with Crippen molar-refractivity contribution in [1.29, 1.82) is 0 Å². The lowest BCUT2D eigenvalue weighted by Crippen LogP contribution is -2.39. The second-order valence-electron chi connectivity index (χ2n) is 9.04. The zero-order valence-electron chi connectivity index (χ0n) is 19.3. The van der Waals surface area contributed by atoms with E-state index in [2.05, 4.69) is 35.8 Å². The summed E-state index contributed by atoms with van der Waals surface area (Å²) in [4.78, 5) is 18.0. The predicted molar refractivity (Wildman–Crippen MR) is 127 cm³/mol. The minimum atomic E-state index is -0.0360. The van der Waals surface area contributed by atoms with Crippen LogP contribution in [0.2, 0.25) is 0 Å². The summed E-state index contributed by atoms with van der Waals surface area (Å²) in [6.07, 6.45) is 6.88. The van der Waals surface area contributed by atoms with Crippen LogP contribution in [0.5, 0.6) is 11.5 Å². The largest absolute Gasteiger partial charge is 0.478 e. The van der Waals surface area contributed by atoms with Crippen LogP contribution >= 0.6 is 0 Å². The maximum atomic E-state index is 13.3. The van der Waals surface area contributed by atoms with Crippen LogP contribution in [0, 0.1) is 6.92 Å². The van der Waals surface area contributed by atoms with Crippen LogP contribution < -0.4 is 14.4 Å². The molecule has 1 saturated carbocycles. The highest BCUT2D eigenvalue weighted by Crippen LogP contribution is 2.45. The molecule has 0 N–H and O–H groups in total. The molecule has 5 rings (SSSR count). The van der Waals surface area contributed by atoms with E-state index in [4.69, 9.17) is 9.47 Å². The third-order valence-corrected chi connectivity index (χ3v) is 7.11. The van der Waals surface area contributed by atoms with Crippen molar-refractivity contribution in [3.8, 4) is 11.5 Å². The number of ketones is 1. The number of carbonyl (C=O) groups excluding carboxylic acids is 1. The fourth-order valence-corrected chi connectivity index (χ4v) is 5.27. The van der Waals surface area contributed by atoms with Crippen molar-refractivity contribution in [2.75, 3.05) is 24.7 Å². The van der Waals surface area contributed by atoms with Gasteiger partial charge in [-0.2, -0.15) is 0 Å². The molecular weight excluding hydrogens is 400 g/mol. The lowest BCUT2D eigenvalue weighted by Gasteiger charge is -2.34. The number of aryl methyl sites for hydroxylation is 1. The molecule has 5 heteroatoms. The van der Waals surface area contributed by atoms with Crippen molar-refractivity contribution in [2.45, 2.75) is 59.0 Å². The zero-order chi connectivity index (χ0) is 22.2. The highest BCUT2D eigenvalue weighted by molar-refractivity contribution is 6.15. The number of ether oxygens (including phenoxy) is 2. The lowest BCUT2D eigenvalue weighted by atomic mass is 9.98. The Labute approximate surface area is 190 Å². The molecule has 2 aliphatic heterocycles. The predicted octanol–water partition coefficient (Wildman–Crippen LogP) is 5.55. The number of benzene rings is 2. The van der Waals surface area contributed by atoms with Crippen LogP contribution in [0.4, 0.5) is 5.69 Å². The number of rotatable bonds is 5. The van der Waals surface area contributed by atoms with E-state index in [1.165, 1.54) is 31.4 Å². The Kier molecular flexibility index (Phi) is 5.68. The normalized spacial score (nSPS) is 19.6. The van der Waals surface area contributed by atoms with E-state index < -0.39 is 0 Å². The third-order valence-electron chi connectivity index (χ3n) is 7.11. The Morgan fingerprint density at radius 2 is 1.84 bits per heavy atom. The summed E-state index contributed by atoms with van der Waals surface area (Å²) in [5.74, 6) is 1.91. The molecule has 1 aliphatic carbocycles. The number of fused-ring (bicyclic) bond motifs is 3. The van der Waals surface area contributed by atoms with Crippen LogP contribution in [-0.4, -0.2) is 36.5 Å². The summed E-state index contributed by atoms with van der Waals surface area (Å²) in [5, 5.41) is 0. The third kappa shape index (κ3) is 3.69. The first kappa shape index (κ1) is 21.1. The first-order valence-corrected chi connectivity index (χ1v) is 11.9. The topological polar surface area (TPSA) is 42.0 Å². The SMILES string of the molecule is CCN(CC)c1ccc(/C=C2\Oc3c4c(cc(C)c3C2=O)OCN(C2CCCC2)C4)cc1. The van der Waals surface area contributed by atoms with Gasteiger partial charge in [0.1, 0.15) is 18.2 Å². The smallest absolute Gasteiger partial charge is 0.232 e. The van der Waals surface area contributed by atoms with Crippen LogP contribution in [0.3, 0.4) is 0 Å². The average Bonchev–Trinajstić information content (AvgIpc) is 3.45. The molecule has 0 radical (unpaired) electrons. The van der Waals surface area contributed by atoms with Gasteiger partial charge in [0.25, 0.3) is 0 Å². The van der Waals surface area contributed by atoms with Crippen molar-refractivity contribution < 1.29 is 14.3 Å². The Balaban J connectivity index is 1.43. The van der Waals surface area contributed by atoms with Gasteiger partial charge in [0.2, 0.25) is 5.78 Å². The van der Waals surface area contributed by atoms with Crippen LogP contribution in [0.25, 0.3) is 6.08 Å². The van der Waals surface area contributed by atoms with Crippen LogP contribution in [-0.2, 0) is 6.54 Å². The van der Waals surface area contributed by atoms with E-state index in [9.17, 15) is 4.79 Å². The van der Waals surface area contributed by atoms with E-state index >= 15 is 0 Å². The van der Waals surface area contributed by atoms with Gasteiger partial charge in [-0.1, -0.05) is 25.0 Å². The summed E-state index contributed by atoms with van der Waals surface area (Å²) in [5.41, 5.74) is 4.77. The average molecular weight is 433 g/mol. The van der Waals surface area contributed by atoms with Crippen molar-refractivity contribution in [3.63, 3.8) is 0 Å². The summed E-state index contributed by atoms with van der Waals surface area (Å²) < 4.78 is 12.3. The zero-order valence-corrected chi connectivity index (χ0v) is 19.3. The molecule has 2 heterocycles. The molecule has 0 atom stereocenters. The quantitative estimate of drug-likeness (QED) is 0.579. The number of hydrogen-bond donors (Lipinski definition) is 0. The van der Waals surface area contributed by atoms with E-state index in [1.807, 2.05) is 31.2 Å². The summed E-state index contributed by atoms with van der Waals surface area (Å²) in [6.45, 7) is 9.61. The molecule has 2 aromatic carbocycles. The molecule has 5 nitrogen and oxygen atoms in total. The molecule has 2 aromatic rings. The highest BCUT2D eigenvalue weighted by Gasteiger charge is 2.37. The fraction of sp³-hybridized carbons (Fsp3) is 0.444.